The number of amides is 1. The number of aromatic nitrogens is 2. The number of nitrogens with two attached hydrogens (primary N) is 1. The number of anilines is 1. The van der Waals surface area contributed by atoms with Crippen molar-refractivity contribution in [3.63, 3.8) is 0 Å². The molecule has 2 heterocycles. The number of carbonyl (C=O) groups excluding carboxylic acids is 1. The van der Waals surface area contributed by atoms with E-state index in [2.05, 4.69) is 10.2 Å². The van der Waals surface area contributed by atoms with Crippen molar-refractivity contribution < 1.29 is 14.7 Å². The van der Waals surface area contributed by atoms with Gasteiger partial charge in [-0.25, -0.2) is 4.79 Å². The minimum atomic E-state index is -1.12. The lowest BCUT2D eigenvalue weighted by atomic mass is 10.3. The van der Waals surface area contributed by atoms with E-state index in [0.29, 0.717) is 6.54 Å². The third-order valence-electron chi connectivity index (χ3n) is 2.27. The summed E-state index contributed by atoms with van der Waals surface area (Å²) < 4.78 is 0. The van der Waals surface area contributed by atoms with Crippen LogP contribution in [0.5, 0.6) is 0 Å². The number of carbonyl (C=O) groups is 2. The molecule has 0 aromatic carbocycles. The van der Waals surface area contributed by atoms with Gasteiger partial charge in [0.2, 0.25) is 5.91 Å². The highest BCUT2D eigenvalue weighted by Crippen LogP contribution is 2.22. The Balaban J connectivity index is 2.33. The zero-order chi connectivity index (χ0) is 11.0. The second-order valence-corrected chi connectivity index (χ2v) is 3.41. The largest absolute Gasteiger partial charge is 0.477 e. The van der Waals surface area contributed by atoms with Crippen molar-refractivity contribution in [2.75, 3.05) is 11.4 Å². The number of H-pyrrole nitrogens is 1. The van der Waals surface area contributed by atoms with Crippen LogP contribution in [0, 0.1) is 0 Å². The normalized spacial score (nSPS) is 21.0. The van der Waals surface area contributed by atoms with Crippen LogP contribution in [-0.2, 0) is 4.79 Å². The van der Waals surface area contributed by atoms with Crippen LogP contribution in [0.25, 0.3) is 0 Å². The van der Waals surface area contributed by atoms with E-state index < -0.39 is 5.97 Å². The topological polar surface area (TPSA) is 112 Å². The maximum atomic E-state index is 11.5. The van der Waals surface area contributed by atoms with Crippen LogP contribution < -0.4 is 10.6 Å². The van der Waals surface area contributed by atoms with Crippen molar-refractivity contribution in [2.45, 2.75) is 12.5 Å². The van der Waals surface area contributed by atoms with Gasteiger partial charge in [0, 0.05) is 19.0 Å². The highest BCUT2D eigenvalue weighted by molar-refractivity contribution is 6.02. The van der Waals surface area contributed by atoms with E-state index >= 15 is 0 Å². The molecule has 0 spiro atoms. The summed E-state index contributed by atoms with van der Waals surface area (Å²) in [7, 11) is 0. The number of carboxylic acids is 1. The molecular weight excluding hydrogens is 200 g/mol. The van der Waals surface area contributed by atoms with Gasteiger partial charge in [-0.2, -0.15) is 5.10 Å². The summed E-state index contributed by atoms with van der Waals surface area (Å²) in [6.07, 6.45) is 1.41. The second-order valence-electron chi connectivity index (χ2n) is 3.41. The van der Waals surface area contributed by atoms with Crippen molar-refractivity contribution in [1.29, 1.82) is 0 Å². The average molecular weight is 210 g/mol. The summed E-state index contributed by atoms with van der Waals surface area (Å²) in [6.45, 7) is 0.321. The molecule has 2 rings (SSSR count). The van der Waals surface area contributed by atoms with Crippen molar-refractivity contribution >= 4 is 17.7 Å². The Morgan fingerprint density at radius 2 is 2.47 bits per heavy atom. The Bertz CT molecular complexity index is 414. The Hall–Kier alpha value is -1.89. The van der Waals surface area contributed by atoms with E-state index in [1.807, 2.05) is 0 Å². The third-order valence-corrected chi connectivity index (χ3v) is 2.27. The summed E-state index contributed by atoms with van der Waals surface area (Å²) in [5.41, 5.74) is 5.59. The predicted octanol–water partition coefficient (Wildman–Crippen LogP) is -0.828. The lowest BCUT2D eigenvalue weighted by Crippen LogP contribution is -2.29. The first-order chi connectivity index (χ1) is 7.09. The molecule has 0 saturated carbocycles. The molecule has 1 atom stereocenters. The molecular formula is C8H10N4O3. The van der Waals surface area contributed by atoms with Crippen molar-refractivity contribution in [3.05, 3.63) is 11.8 Å². The van der Waals surface area contributed by atoms with Crippen LogP contribution in [0.1, 0.15) is 16.8 Å². The number of hydrogen-bond donors (Lipinski definition) is 3. The van der Waals surface area contributed by atoms with Gasteiger partial charge in [0.15, 0.2) is 0 Å². The van der Waals surface area contributed by atoms with Gasteiger partial charge in [-0.3, -0.25) is 14.8 Å². The van der Waals surface area contributed by atoms with E-state index in [9.17, 15) is 9.59 Å². The van der Waals surface area contributed by atoms with Crippen LogP contribution in [0.15, 0.2) is 6.20 Å². The number of aromatic amines is 1. The fraction of sp³-hybridized carbons (Fsp3) is 0.375. The SMILES string of the molecule is NC1CC(=O)N(c2[nH]ncc2C(=O)O)C1. The first kappa shape index (κ1) is 9.66. The predicted molar refractivity (Wildman–Crippen MR) is 50.5 cm³/mol. The lowest BCUT2D eigenvalue weighted by molar-refractivity contribution is -0.117. The van der Waals surface area contributed by atoms with E-state index in [1.165, 1.54) is 11.1 Å². The zero-order valence-electron chi connectivity index (χ0n) is 7.80. The molecule has 80 valence electrons. The smallest absolute Gasteiger partial charge is 0.341 e. The van der Waals surface area contributed by atoms with Crippen LogP contribution in [0.3, 0.4) is 0 Å². The highest BCUT2D eigenvalue weighted by Gasteiger charge is 2.31. The Morgan fingerprint density at radius 3 is 3.00 bits per heavy atom. The molecule has 1 unspecified atom stereocenters. The van der Waals surface area contributed by atoms with Gasteiger partial charge in [-0.15, -0.1) is 0 Å². The molecule has 1 saturated heterocycles. The Labute approximate surface area is 84.9 Å². The number of carboxylic acid groups (broad SMARTS) is 1. The molecule has 0 aliphatic carbocycles. The van der Waals surface area contributed by atoms with Gasteiger partial charge >= 0.3 is 5.97 Å². The molecule has 1 aromatic heterocycles. The molecule has 1 amide bonds. The first-order valence-electron chi connectivity index (χ1n) is 4.42. The van der Waals surface area contributed by atoms with E-state index in [1.54, 1.807) is 0 Å². The second kappa shape index (κ2) is 3.35. The molecule has 1 aliphatic rings. The number of rotatable bonds is 2. The molecule has 7 nitrogen and oxygen atoms in total. The van der Waals surface area contributed by atoms with Crippen molar-refractivity contribution in [2.24, 2.45) is 5.73 Å². The van der Waals surface area contributed by atoms with Crippen LogP contribution in [-0.4, -0.2) is 39.8 Å². The maximum absolute atomic E-state index is 11.5. The van der Waals surface area contributed by atoms with Gasteiger partial charge in [-0.1, -0.05) is 0 Å². The fourth-order valence-electron chi connectivity index (χ4n) is 1.59. The number of hydrogen-bond acceptors (Lipinski definition) is 4. The number of aromatic carboxylic acids is 1. The molecule has 1 aliphatic heterocycles. The summed E-state index contributed by atoms with van der Waals surface area (Å²) in [5, 5.41) is 14.9. The molecule has 4 N–H and O–H groups in total. The van der Waals surface area contributed by atoms with E-state index in [0.717, 1.165) is 0 Å². The van der Waals surface area contributed by atoms with Gasteiger partial charge in [0.05, 0.1) is 6.20 Å². The monoisotopic (exact) mass is 210 g/mol. The molecule has 0 bridgehead atoms. The van der Waals surface area contributed by atoms with Crippen molar-refractivity contribution in [3.8, 4) is 0 Å². The molecule has 15 heavy (non-hydrogen) atoms. The average Bonchev–Trinajstić information content (AvgIpc) is 2.71. The van der Waals surface area contributed by atoms with Crippen LogP contribution in [0.2, 0.25) is 0 Å². The van der Waals surface area contributed by atoms with Gasteiger partial charge in [0.25, 0.3) is 0 Å². The van der Waals surface area contributed by atoms with E-state index in [4.69, 9.17) is 10.8 Å². The zero-order valence-corrected chi connectivity index (χ0v) is 7.80. The maximum Gasteiger partial charge on any atom is 0.341 e. The Morgan fingerprint density at radius 1 is 1.73 bits per heavy atom. The number of nitrogens with zero attached hydrogens (tertiary/aromatic N) is 2. The first-order valence-corrected chi connectivity index (χ1v) is 4.42. The third kappa shape index (κ3) is 1.57. The molecule has 1 aromatic rings. The lowest BCUT2D eigenvalue weighted by Gasteiger charge is -2.13. The number of nitrogens with one attached hydrogen (secondary N) is 1. The standard InChI is InChI=1S/C8H10N4O3/c9-4-1-6(13)12(3-4)7-5(8(14)15)2-10-11-7/h2,4H,1,3,9H2,(H,10,11)(H,14,15). The molecule has 1 fully saturated rings. The summed E-state index contributed by atoms with van der Waals surface area (Å²) in [4.78, 5) is 23.6. The molecule has 7 heteroatoms. The quantitative estimate of drug-likeness (QED) is 0.589. The fourth-order valence-corrected chi connectivity index (χ4v) is 1.59. The van der Waals surface area contributed by atoms with Crippen LogP contribution >= 0.6 is 0 Å². The minimum absolute atomic E-state index is 0.0162. The highest BCUT2D eigenvalue weighted by atomic mass is 16.4. The molecule has 0 radical (unpaired) electrons. The summed E-state index contributed by atoms with van der Waals surface area (Å²) in [6, 6.07) is -0.248. The van der Waals surface area contributed by atoms with Gasteiger partial charge in [-0.05, 0) is 0 Å². The van der Waals surface area contributed by atoms with Crippen molar-refractivity contribution in [1.82, 2.24) is 10.2 Å². The van der Waals surface area contributed by atoms with Gasteiger partial charge in [0.1, 0.15) is 11.4 Å². The summed E-state index contributed by atoms with van der Waals surface area (Å²) >= 11 is 0. The Kier molecular flexibility index (Phi) is 2.16. The van der Waals surface area contributed by atoms with Crippen LogP contribution in [0.4, 0.5) is 5.82 Å². The summed E-state index contributed by atoms with van der Waals surface area (Å²) in [5.74, 6) is -1.10. The minimum Gasteiger partial charge on any atom is -0.477 e. The van der Waals surface area contributed by atoms with Gasteiger partial charge < -0.3 is 10.8 Å². The van der Waals surface area contributed by atoms with E-state index in [-0.39, 0.29) is 29.8 Å².